The lowest BCUT2D eigenvalue weighted by molar-refractivity contribution is -0.137. The van der Waals surface area contributed by atoms with Crippen LogP contribution in [-0.2, 0) is 16.0 Å². The molecule has 0 aliphatic carbocycles. The van der Waals surface area contributed by atoms with Crippen LogP contribution in [0.3, 0.4) is 0 Å². The van der Waals surface area contributed by atoms with Gasteiger partial charge in [0, 0.05) is 0 Å². The second-order valence-corrected chi connectivity index (χ2v) is 6.15. The maximum Gasteiger partial charge on any atom is 0.416 e. The van der Waals surface area contributed by atoms with E-state index in [0.717, 1.165) is 24.3 Å². The highest BCUT2D eigenvalue weighted by molar-refractivity contribution is 7.91. The molecule has 0 amide bonds. The van der Waals surface area contributed by atoms with Crippen molar-refractivity contribution in [3.8, 4) is 5.75 Å². The van der Waals surface area contributed by atoms with Crippen LogP contribution in [0.25, 0.3) is 0 Å². The van der Waals surface area contributed by atoms with Gasteiger partial charge in [-0.2, -0.15) is 13.2 Å². The first kappa shape index (κ1) is 15.4. The van der Waals surface area contributed by atoms with Gasteiger partial charge in [0.2, 0.25) is 9.84 Å². The third-order valence-corrected chi connectivity index (χ3v) is 4.08. The van der Waals surface area contributed by atoms with E-state index in [4.69, 9.17) is 4.74 Å². The Morgan fingerprint density at radius 1 is 0.905 bits per heavy atom. The summed E-state index contributed by atoms with van der Waals surface area (Å²) in [5, 5.41) is 0. The number of rotatable bonds is 4. The van der Waals surface area contributed by atoms with E-state index in [1.807, 2.05) is 0 Å². The minimum absolute atomic E-state index is 0.0579. The standard InChI is InChI=1S/C14H11F3O3S/c15-14(16,17)11-6-8-12(9-7-11)20-10-21(18,19)13-4-2-1-3-5-13/h1-9H,10H2. The highest BCUT2D eigenvalue weighted by atomic mass is 32.2. The molecular weight excluding hydrogens is 305 g/mol. The molecule has 21 heavy (non-hydrogen) atoms. The highest BCUT2D eigenvalue weighted by Crippen LogP contribution is 2.30. The maximum atomic E-state index is 12.4. The molecule has 0 bridgehead atoms. The summed E-state index contributed by atoms with van der Waals surface area (Å²) in [5.41, 5.74) is -0.819. The molecule has 0 aliphatic heterocycles. The Morgan fingerprint density at radius 2 is 1.48 bits per heavy atom. The van der Waals surface area contributed by atoms with Gasteiger partial charge in [-0.05, 0) is 36.4 Å². The van der Waals surface area contributed by atoms with E-state index in [2.05, 4.69) is 0 Å². The van der Waals surface area contributed by atoms with E-state index in [1.165, 1.54) is 12.1 Å². The van der Waals surface area contributed by atoms with Crippen LogP contribution in [0.1, 0.15) is 5.56 Å². The largest absolute Gasteiger partial charge is 0.477 e. The number of hydrogen-bond acceptors (Lipinski definition) is 3. The van der Waals surface area contributed by atoms with Gasteiger partial charge in [-0.1, -0.05) is 18.2 Å². The molecule has 0 unspecified atom stereocenters. The van der Waals surface area contributed by atoms with Gasteiger partial charge in [0.05, 0.1) is 10.5 Å². The molecule has 2 aromatic rings. The molecule has 0 spiro atoms. The Hall–Kier alpha value is -2.02. The Morgan fingerprint density at radius 3 is 2.00 bits per heavy atom. The van der Waals surface area contributed by atoms with Gasteiger partial charge in [0.1, 0.15) is 5.75 Å². The zero-order chi connectivity index (χ0) is 15.5. The van der Waals surface area contributed by atoms with Crippen molar-refractivity contribution in [3.63, 3.8) is 0 Å². The fraction of sp³-hybridized carbons (Fsp3) is 0.143. The molecule has 0 saturated heterocycles. The first-order valence-electron chi connectivity index (χ1n) is 5.87. The van der Waals surface area contributed by atoms with Crippen LogP contribution in [0.15, 0.2) is 59.5 Å². The van der Waals surface area contributed by atoms with Crippen molar-refractivity contribution in [2.45, 2.75) is 11.1 Å². The Kier molecular flexibility index (Phi) is 4.22. The number of alkyl halides is 3. The lowest BCUT2D eigenvalue weighted by atomic mass is 10.2. The molecule has 0 atom stereocenters. The first-order valence-corrected chi connectivity index (χ1v) is 7.52. The second-order valence-electron chi connectivity index (χ2n) is 4.21. The molecule has 0 aromatic heterocycles. The molecule has 112 valence electrons. The van der Waals surface area contributed by atoms with Crippen LogP contribution < -0.4 is 4.74 Å². The average Bonchev–Trinajstić information content (AvgIpc) is 2.46. The molecule has 3 nitrogen and oxygen atoms in total. The molecule has 2 rings (SSSR count). The number of benzene rings is 2. The Bertz CT molecular complexity index is 692. The van der Waals surface area contributed by atoms with E-state index in [9.17, 15) is 21.6 Å². The van der Waals surface area contributed by atoms with Crippen LogP contribution in [0.2, 0.25) is 0 Å². The van der Waals surface area contributed by atoms with Crippen molar-refractivity contribution in [1.82, 2.24) is 0 Å². The number of hydrogen-bond donors (Lipinski definition) is 0. The van der Waals surface area contributed by atoms with Gasteiger partial charge in [-0.15, -0.1) is 0 Å². The van der Waals surface area contributed by atoms with Crippen molar-refractivity contribution < 1.29 is 26.3 Å². The normalized spacial score (nSPS) is 12.1. The van der Waals surface area contributed by atoms with Crippen LogP contribution >= 0.6 is 0 Å². The van der Waals surface area contributed by atoms with E-state index in [0.29, 0.717) is 0 Å². The third kappa shape index (κ3) is 3.98. The van der Waals surface area contributed by atoms with Crippen LogP contribution in [0.4, 0.5) is 13.2 Å². The van der Waals surface area contributed by atoms with Gasteiger partial charge >= 0.3 is 6.18 Å². The SMILES string of the molecule is O=S(=O)(COc1ccc(C(F)(F)F)cc1)c1ccccc1. The molecule has 0 N–H and O–H groups in total. The summed E-state index contributed by atoms with van der Waals surface area (Å²) >= 11 is 0. The second kappa shape index (κ2) is 5.77. The molecule has 0 saturated carbocycles. The number of ether oxygens (including phenoxy) is 1. The summed E-state index contributed by atoms with van der Waals surface area (Å²) in [4.78, 5) is 0.0944. The van der Waals surface area contributed by atoms with Gasteiger partial charge in [-0.3, -0.25) is 0 Å². The molecule has 0 fully saturated rings. The van der Waals surface area contributed by atoms with Crippen molar-refractivity contribution >= 4 is 9.84 Å². The van der Waals surface area contributed by atoms with Crippen molar-refractivity contribution in [2.75, 3.05) is 5.94 Å². The number of sulfone groups is 1. The van der Waals surface area contributed by atoms with E-state index < -0.39 is 27.5 Å². The molecule has 0 aliphatic rings. The maximum absolute atomic E-state index is 12.4. The summed E-state index contributed by atoms with van der Waals surface area (Å²) in [7, 11) is -3.64. The predicted molar refractivity (Wildman–Crippen MR) is 70.6 cm³/mol. The fourth-order valence-electron chi connectivity index (χ4n) is 1.58. The molecule has 2 aromatic carbocycles. The fourth-order valence-corrected chi connectivity index (χ4v) is 2.58. The number of halogens is 3. The monoisotopic (exact) mass is 316 g/mol. The van der Waals surface area contributed by atoms with Crippen LogP contribution in [0, 0.1) is 0 Å². The minimum atomic E-state index is -4.44. The van der Waals surface area contributed by atoms with Crippen molar-refractivity contribution in [1.29, 1.82) is 0 Å². The first-order chi connectivity index (χ1) is 9.79. The molecule has 0 radical (unpaired) electrons. The van der Waals surface area contributed by atoms with E-state index in [-0.39, 0.29) is 10.6 Å². The minimum Gasteiger partial charge on any atom is -0.477 e. The molecular formula is C14H11F3O3S. The van der Waals surface area contributed by atoms with Crippen molar-refractivity contribution in [2.24, 2.45) is 0 Å². The van der Waals surface area contributed by atoms with Gasteiger partial charge in [0.15, 0.2) is 5.94 Å². The van der Waals surface area contributed by atoms with Crippen LogP contribution in [0.5, 0.6) is 5.75 Å². The van der Waals surface area contributed by atoms with Crippen LogP contribution in [-0.4, -0.2) is 14.4 Å². The zero-order valence-corrected chi connectivity index (χ0v) is 11.5. The lowest BCUT2D eigenvalue weighted by Gasteiger charge is -2.09. The summed E-state index contributed by atoms with van der Waals surface area (Å²) in [6, 6.07) is 11.5. The van der Waals surface area contributed by atoms with Crippen molar-refractivity contribution in [3.05, 3.63) is 60.2 Å². The summed E-state index contributed by atoms with van der Waals surface area (Å²) < 4.78 is 66.0. The third-order valence-electron chi connectivity index (χ3n) is 2.66. The topological polar surface area (TPSA) is 43.4 Å². The Balaban J connectivity index is 2.07. The Labute approximate surface area is 119 Å². The predicted octanol–water partition coefficient (Wildman–Crippen LogP) is 3.52. The van der Waals surface area contributed by atoms with Gasteiger partial charge in [-0.25, -0.2) is 8.42 Å². The van der Waals surface area contributed by atoms with E-state index in [1.54, 1.807) is 18.2 Å². The van der Waals surface area contributed by atoms with E-state index >= 15 is 0 Å². The summed E-state index contributed by atoms with van der Waals surface area (Å²) in [5.74, 6) is -0.579. The summed E-state index contributed by atoms with van der Waals surface area (Å²) in [6.07, 6.45) is -4.44. The molecule has 7 heteroatoms. The van der Waals surface area contributed by atoms with Gasteiger partial charge in [0.25, 0.3) is 0 Å². The van der Waals surface area contributed by atoms with Gasteiger partial charge < -0.3 is 4.74 Å². The smallest absolute Gasteiger partial charge is 0.416 e. The zero-order valence-electron chi connectivity index (χ0n) is 10.7. The lowest BCUT2D eigenvalue weighted by Crippen LogP contribution is -2.12. The average molecular weight is 316 g/mol. The highest BCUT2D eigenvalue weighted by Gasteiger charge is 2.30. The summed E-state index contributed by atoms with van der Waals surface area (Å²) in [6.45, 7) is 0. The molecule has 0 heterocycles. The quantitative estimate of drug-likeness (QED) is 0.867.